The predicted octanol–water partition coefficient (Wildman–Crippen LogP) is 2.02. The van der Waals surface area contributed by atoms with E-state index in [0.29, 0.717) is 0 Å². The zero-order valence-corrected chi connectivity index (χ0v) is 11.8. The smallest absolute Gasteiger partial charge is 0.0538 e. The topological polar surface area (TPSA) is 47.1 Å². The third-order valence-corrected chi connectivity index (χ3v) is 3.87. The van der Waals surface area contributed by atoms with Gasteiger partial charge in [-0.1, -0.05) is 13.8 Å². The molecule has 98 valence electrons. The van der Waals surface area contributed by atoms with Gasteiger partial charge in [-0.3, -0.25) is 4.68 Å². The Hall–Kier alpha value is -0.870. The lowest BCUT2D eigenvalue weighted by Crippen LogP contribution is -2.49. The van der Waals surface area contributed by atoms with Gasteiger partial charge in [-0.15, -0.1) is 0 Å². The Morgan fingerprint density at radius 3 is 2.59 bits per heavy atom. The van der Waals surface area contributed by atoms with E-state index >= 15 is 0 Å². The number of likely N-dealkylation sites (N-methyl/N-ethyl adjacent to an activating group) is 1. The maximum Gasteiger partial charge on any atom is 0.0538 e. The van der Waals surface area contributed by atoms with Gasteiger partial charge in [0.05, 0.1) is 12.2 Å². The maximum atomic E-state index is 6.40. The largest absolute Gasteiger partial charge is 0.322 e. The second-order valence-electron chi connectivity index (χ2n) is 5.12. The Labute approximate surface area is 105 Å². The van der Waals surface area contributed by atoms with Crippen LogP contribution in [0.4, 0.5) is 0 Å². The van der Waals surface area contributed by atoms with E-state index in [-0.39, 0.29) is 11.6 Å². The zero-order chi connectivity index (χ0) is 13.1. The van der Waals surface area contributed by atoms with E-state index in [2.05, 4.69) is 51.1 Å². The van der Waals surface area contributed by atoms with Gasteiger partial charge in [-0.25, -0.2) is 0 Å². The summed E-state index contributed by atoms with van der Waals surface area (Å²) in [4.78, 5) is 2.20. The molecule has 0 radical (unpaired) electrons. The second-order valence-corrected chi connectivity index (χ2v) is 5.12. The highest BCUT2D eigenvalue weighted by molar-refractivity contribution is 5.16. The van der Waals surface area contributed by atoms with Gasteiger partial charge in [0.15, 0.2) is 0 Å². The highest BCUT2D eigenvalue weighted by atomic mass is 15.3. The van der Waals surface area contributed by atoms with E-state index in [1.54, 1.807) is 0 Å². The van der Waals surface area contributed by atoms with Crippen molar-refractivity contribution >= 4 is 0 Å². The van der Waals surface area contributed by atoms with E-state index in [0.717, 1.165) is 24.9 Å². The summed E-state index contributed by atoms with van der Waals surface area (Å²) in [5.41, 5.74) is 7.49. The van der Waals surface area contributed by atoms with E-state index in [9.17, 15) is 0 Å². The van der Waals surface area contributed by atoms with Crippen molar-refractivity contribution in [2.75, 3.05) is 14.1 Å². The van der Waals surface area contributed by atoms with Crippen LogP contribution in [0.1, 0.15) is 45.2 Å². The quantitative estimate of drug-likeness (QED) is 0.825. The Balaban J connectivity index is 2.90. The lowest BCUT2D eigenvalue weighted by molar-refractivity contribution is 0.132. The van der Waals surface area contributed by atoms with Crippen LogP contribution < -0.4 is 5.73 Å². The van der Waals surface area contributed by atoms with Crippen LogP contribution in [0.15, 0.2) is 12.4 Å². The molecule has 0 spiro atoms. The molecule has 1 rings (SSSR count). The Kier molecular flexibility index (Phi) is 4.71. The molecule has 4 heteroatoms. The third kappa shape index (κ3) is 2.87. The molecular formula is C13H26N4. The lowest BCUT2D eigenvalue weighted by atomic mass is 9.85. The van der Waals surface area contributed by atoms with E-state index in [4.69, 9.17) is 5.73 Å². The molecule has 1 aromatic rings. The van der Waals surface area contributed by atoms with Gasteiger partial charge in [-0.2, -0.15) is 5.10 Å². The van der Waals surface area contributed by atoms with Gasteiger partial charge in [-0.05, 0) is 33.9 Å². The molecule has 0 aliphatic rings. The first-order chi connectivity index (χ1) is 7.95. The standard InChI is InChI=1S/C13H26N4/c1-6-8-17-10-11(9-15-17)12(14)13(3,7-2)16(4)5/h9-10,12H,6-8,14H2,1-5H3. The molecule has 4 nitrogen and oxygen atoms in total. The summed E-state index contributed by atoms with van der Waals surface area (Å²) in [6.45, 7) is 7.49. The van der Waals surface area contributed by atoms with Crippen molar-refractivity contribution in [2.45, 2.75) is 51.7 Å². The summed E-state index contributed by atoms with van der Waals surface area (Å²) >= 11 is 0. The van der Waals surface area contributed by atoms with Crippen LogP contribution in [-0.4, -0.2) is 34.3 Å². The van der Waals surface area contributed by atoms with Crippen LogP contribution in [0.3, 0.4) is 0 Å². The molecule has 0 bridgehead atoms. The molecule has 0 fully saturated rings. The van der Waals surface area contributed by atoms with Crippen LogP contribution in [0, 0.1) is 0 Å². The molecule has 1 heterocycles. The molecule has 0 saturated heterocycles. The molecule has 1 aromatic heterocycles. The van der Waals surface area contributed by atoms with Gasteiger partial charge in [0.2, 0.25) is 0 Å². The van der Waals surface area contributed by atoms with Crippen LogP contribution in [-0.2, 0) is 6.54 Å². The number of hydrogen-bond donors (Lipinski definition) is 1. The van der Waals surface area contributed by atoms with Crippen molar-refractivity contribution in [3.05, 3.63) is 18.0 Å². The number of rotatable bonds is 6. The second kappa shape index (κ2) is 5.65. The molecule has 0 aliphatic heterocycles. The van der Waals surface area contributed by atoms with Crippen molar-refractivity contribution < 1.29 is 0 Å². The van der Waals surface area contributed by atoms with Gasteiger partial charge < -0.3 is 10.6 Å². The number of nitrogens with zero attached hydrogens (tertiary/aromatic N) is 3. The fraction of sp³-hybridized carbons (Fsp3) is 0.769. The third-order valence-electron chi connectivity index (χ3n) is 3.87. The molecule has 2 N–H and O–H groups in total. The summed E-state index contributed by atoms with van der Waals surface area (Å²) in [5.74, 6) is 0. The van der Waals surface area contributed by atoms with Crippen LogP contribution in [0.5, 0.6) is 0 Å². The van der Waals surface area contributed by atoms with Gasteiger partial charge in [0.25, 0.3) is 0 Å². The van der Waals surface area contributed by atoms with Crippen molar-refractivity contribution in [2.24, 2.45) is 5.73 Å². The monoisotopic (exact) mass is 238 g/mol. The molecule has 2 unspecified atom stereocenters. The maximum absolute atomic E-state index is 6.40. The highest BCUT2D eigenvalue weighted by Gasteiger charge is 2.33. The first-order valence-corrected chi connectivity index (χ1v) is 6.41. The Morgan fingerprint density at radius 1 is 1.47 bits per heavy atom. The minimum atomic E-state index is -0.0277. The first-order valence-electron chi connectivity index (χ1n) is 6.41. The number of hydrogen-bond acceptors (Lipinski definition) is 3. The molecule has 2 atom stereocenters. The van der Waals surface area contributed by atoms with Gasteiger partial charge in [0, 0.05) is 23.8 Å². The fourth-order valence-electron chi connectivity index (χ4n) is 2.06. The van der Waals surface area contributed by atoms with Crippen LogP contribution >= 0.6 is 0 Å². The number of aryl methyl sites for hydroxylation is 1. The van der Waals surface area contributed by atoms with E-state index in [1.165, 1.54) is 0 Å². The van der Waals surface area contributed by atoms with Gasteiger partial charge >= 0.3 is 0 Å². The summed E-state index contributed by atoms with van der Waals surface area (Å²) in [7, 11) is 4.17. The van der Waals surface area contributed by atoms with Crippen molar-refractivity contribution in [1.82, 2.24) is 14.7 Å². The summed E-state index contributed by atoms with van der Waals surface area (Å²) in [5, 5.41) is 4.35. The Morgan fingerprint density at radius 2 is 2.12 bits per heavy atom. The average Bonchev–Trinajstić information content (AvgIpc) is 2.75. The Bertz CT molecular complexity index is 345. The minimum Gasteiger partial charge on any atom is -0.322 e. The van der Waals surface area contributed by atoms with Crippen LogP contribution in [0.25, 0.3) is 0 Å². The average molecular weight is 238 g/mol. The molecule has 0 saturated carbocycles. The van der Waals surface area contributed by atoms with Crippen molar-refractivity contribution in [3.63, 3.8) is 0 Å². The summed E-state index contributed by atoms with van der Waals surface area (Å²) in [6, 6.07) is -0.00638. The predicted molar refractivity (Wildman–Crippen MR) is 71.8 cm³/mol. The summed E-state index contributed by atoms with van der Waals surface area (Å²) in [6.07, 6.45) is 6.08. The number of nitrogens with two attached hydrogens (primary N) is 1. The molecule has 0 aliphatic carbocycles. The SMILES string of the molecule is CCCn1cc(C(N)C(C)(CC)N(C)C)cn1. The summed E-state index contributed by atoms with van der Waals surface area (Å²) < 4.78 is 1.97. The zero-order valence-electron chi connectivity index (χ0n) is 11.8. The van der Waals surface area contributed by atoms with E-state index < -0.39 is 0 Å². The first kappa shape index (κ1) is 14.2. The van der Waals surface area contributed by atoms with E-state index in [1.807, 2.05) is 10.9 Å². The normalized spacial score (nSPS) is 17.1. The van der Waals surface area contributed by atoms with Gasteiger partial charge in [0.1, 0.15) is 0 Å². The molecular weight excluding hydrogens is 212 g/mol. The van der Waals surface area contributed by atoms with Crippen LogP contribution in [0.2, 0.25) is 0 Å². The van der Waals surface area contributed by atoms with Crippen molar-refractivity contribution in [1.29, 1.82) is 0 Å². The minimum absolute atomic E-state index is 0.00638. The van der Waals surface area contributed by atoms with Crippen molar-refractivity contribution in [3.8, 4) is 0 Å². The molecule has 0 amide bonds. The lowest BCUT2D eigenvalue weighted by Gasteiger charge is -2.40. The molecule has 0 aromatic carbocycles. The fourth-order valence-corrected chi connectivity index (χ4v) is 2.06. The number of aromatic nitrogens is 2. The molecule has 17 heavy (non-hydrogen) atoms. The highest BCUT2D eigenvalue weighted by Crippen LogP contribution is 2.30.